The minimum Gasteiger partial charge on any atom is -0.384 e. The van der Waals surface area contributed by atoms with Crippen molar-refractivity contribution in [2.24, 2.45) is 0 Å². The summed E-state index contributed by atoms with van der Waals surface area (Å²) < 4.78 is 15.8. The highest BCUT2D eigenvalue weighted by atomic mass is 19.1. The normalized spacial score (nSPS) is 21.6. The van der Waals surface area contributed by atoms with Crippen LogP contribution in [0.2, 0.25) is 0 Å². The van der Waals surface area contributed by atoms with E-state index in [4.69, 9.17) is 10.7 Å². The van der Waals surface area contributed by atoms with Gasteiger partial charge in [0.2, 0.25) is 0 Å². The number of halogens is 1. The number of nitrogens with one attached hydrogen (secondary N) is 1. The molecule has 0 radical (unpaired) electrons. The van der Waals surface area contributed by atoms with Gasteiger partial charge in [0.05, 0.1) is 11.9 Å². The maximum atomic E-state index is 14.1. The maximum Gasteiger partial charge on any atom is 0.165 e. The van der Waals surface area contributed by atoms with Crippen molar-refractivity contribution in [1.82, 2.24) is 24.9 Å². The predicted octanol–water partition coefficient (Wildman–Crippen LogP) is 5.20. The number of hydrogen-bond acceptors (Lipinski definition) is 5. The third kappa shape index (κ3) is 3.97. The number of rotatable bonds is 3. The van der Waals surface area contributed by atoms with E-state index in [9.17, 15) is 4.39 Å². The molecule has 2 saturated heterocycles. The molecule has 1 unspecified atom stereocenters. The highest BCUT2D eigenvalue weighted by Gasteiger charge is 2.35. The molecule has 2 bridgehead atoms. The number of nitrogens with two attached hydrogens (primary N) is 1. The van der Waals surface area contributed by atoms with Gasteiger partial charge < -0.3 is 11.1 Å². The molecule has 0 amide bonds. The Balaban J connectivity index is 0.00000111. The molecule has 3 aromatic heterocycles. The van der Waals surface area contributed by atoms with E-state index in [1.165, 1.54) is 18.9 Å². The summed E-state index contributed by atoms with van der Waals surface area (Å²) in [5.41, 5.74) is 11.0. The zero-order valence-electron chi connectivity index (χ0n) is 19.0. The lowest BCUT2D eigenvalue weighted by molar-refractivity contribution is 0.359. The van der Waals surface area contributed by atoms with Crippen LogP contribution in [0.3, 0.4) is 0 Å². The van der Waals surface area contributed by atoms with Crippen molar-refractivity contribution < 1.29 is 4.39 Å². The highest BCUT2D eigenvalue weighted by molar-refractivity contribution is 5.78. The van der Waals surface area contributed by atoms with Gasteiger partial charge in [-0.25, -0.2) is 9.37 Å². The Labute approximate surface area is 193 Å². The molecule has 0 saturated carbocycles. The Hall–Kier alpha value is -3.32. The fourth-order valence-electron chi connectivity index (χ4n) is 5.10. The van der Waals surface area contributed by atoms with Crippen molar-refractivity contribution in [2.45, 2.75) is 57.5 Å². The number of fused-ring (bicyclic) bond motifs is 3. The molecule has 4 aromatic rings. The lowest BCUT2D eigenvalue weighted by Crippen LogP contribution is -2.37. The van der Waals surface area contributed by atoms with Gasteiger partial charge in [-0.3, -0.25) is 4.98 Å². The van der Waals surface area contributed by atoms with E-state index in [1.807, 2.05) is 32.0 Å². The Bertz CT molecular complexity index is 1250. The minimum atomic E-state index is -0.284. The molecule has 33 heavy (non-hydrogen) atoms. The molecule has 6 rings (SSSR count). The number of anilines is 1. The summed E-state index contributed by atoms with van der Waals surface area (Å²) in [7, 11) is 0. The average molecular weight is 445 g/mol. The summed E-state index contributed by atoms with van der Waals surface area (Å²) in [4.78, 5) is 9.48. The van der Waals surface area contributed by atoms with E-state index >= 15 is 0 Å². The Morgan fingerprint density at radius 1 is 1.00 bits per heavy atom. The van der Waals surface area contributed by atoms with Gasteiger partial charge in [-0.15, -0.1) is 0 Å². The molecule has 170 valence electrons. The molecule has 2 fully saturated rings. The second-order valence-corrected chi connectivity index (χ2v) is 8.62. The summed E-state index contributed by atoms with van der Waals surface area (Å²) in [6, 6.07) is 13.6. The summed E-state index contributed by atoms with van der Waals surface area (Å²) >= 11 is 0. The van der Waals surface area contributed by atoms with Crippen molar-refractivity contribution in [1.29, 1.82) is 0 Å². The van der Waals surface area contributed by atoms with Gasteiger partial charge in [0, 0.05) is 52.6 Å². The van der Waals surface area contributed by atoms with Crippen LogP contribution in [0.25, 0.3) is 28.0 Å². The summed E-state index contributed by atoms with van der Waals surface area (Å²) in [5.74, 6) is 0.720. The van der Waals surface area contributed by atoms with Gasteiger partial charge in [0.25, 0.3) is 0 Å². The standard InChI is InChI=1S/C24H23FN6.C2H6/c25-20-4-2-1-3-18(20)21-8-5-14(12-27-21)19-13-28-31-23(26)11-22(30-24(19)31)15-9-16-6-7-17(10-15)29-16;1-2/h1-5,8,11-13,15-17,29H,6-7,9-10,26H2;1-2H3/t15?,16-,17+;. The van der Waals surface area contributed by atoms with Crippen LogP contribution in [0, 0.1) is 5.82 Å². The average Bonchev–Trinajstić information content (AvgIpc) is 3.43. The molecule has 1 aromatic carbocycles. The SMILES string of the molecule is CC.Nc1cc(C2C[C@H]3CC[C@@H](C2)N3)nc2c(-c3ccc(-c4ccccc4F)nc3)cnn12. The molecule has 2 aliphatic heterocycles. The molecular formula is C26H29FN6. The smallest absolute Gasteiger partial charge is 0.165 e. The number of piperidine rings is 1. The number of benzene rings is 1. The molecule has 5 heterocycles. The number of nitrogen functional groups attached to an aromatic ring is 1. The lowest BCUT2D eigenvalue weighted by Gasteiger charge is -2.28. The maximum absolute atomic E-state index is 14.1. The lowest BCUT2D eigenvalue weighted by atomic mass is 9.89. The number of hydrogen-bond donors (Lipinski definition) is 2. The van der Waals surface area contributed by atoms with Crippen molar-refractivity contribution in [3.05, 3.63) is 66.4 Å². The number of nitrogens with zero attached hydrogens (tertiary/aromatic N) is 4. The molecule has 0 spiro atoms. The summed E-state index contributed by atoms with van der Waals surface area (Å²) in [6.45, 7) is 4.00. The van der Waals surface area contributed by atoms with Crippen LogP contribution in [0.5, 0.6) is 0 Å². The molecule has 0 aliphatic carbocycles. The fraction of sp³-hybridized carbons (Fsp3) is 0.346. The van der Waals surface area contributed by atoms with Gasteiger partial charge in [-0.1, -0.05) is 32.0 Å². The minimum absolute atomic E-state index is 0.284. The topological polar surface area (TPSA) is 81.1 Å². The van der Waals surface area contributed by atoms with E-state index in [0.29, 0.717) is 35.1 Å². The van der Waals surface area contributed by atoms with Crippen LogP contribution in [0.1, 0.15) is 51.1 Å². The van der Waals surface area contributed by atoms with E-state index in [2.05, 4.69) is 15.4 Å². The second-order valence-electron chi connectivity index (χ2n) is 8.62. The van der Waals surface area contributed by atoms with Crippen LogP contribution in [0.15, 0.2) is 54.9 Å². The first kappa shape index (κ1) is 21.5. The summed E-state index contributed by atoms with van der Waals surface area (Å²) in [6.07, 6.45) is 8.21. The monoisotopic (exact) mass is 444 g/mol. The largest absolute Gasteiger partial charge is 0.384 e. The van der Waals surface area contributed by atoms with E-state index in [1.54, 1.807) is 35.1 Å². The van der Waals surface area contributed by atoms with Crippen LogP contribution in [-0.2, 0) is 0 Å². The quantitative estimate of drug-likeness (QED) is 0.454. The van der Waals surface area contributed by atoms with Crippen LogP contribution in [-0.4, -0.2) is 31.7 Å². The van der Waals surface area contributed by atoms with Gasteiger partial charge in [0.15, 0.2) is 5.65 Å². The first-order valence-corrected chi connectivity index (χ1v) is 11.8. The number of pyridine rings is 1. The van der Waals surface area contributed by atoms with E-state index in [0.717, 1.165) is 35.3 Å². The molecule has 6 nitrogen and oxygen atoms in total. The highest BCUT2D eigenvalue weighted by Crippen LogP contribution is 2.38. The first-order chi connectivity index (χ1) is 16.2. The van der Waals surface area contributed by atoms with Gasteiger partial charge >= 0.3 is 0 Å². The molecule has 3 atom stereocenters. The van der Waals surface area contributed by atoms with Crippen molar-refractivity contribution in [2.75, 3.05) is 5.73 Å². The fourth-order valence-corrected chi connectivity index (χ4v) is 5.10. The van der Waals surface area contributed by atoms with Gasteiger partial charge in [-0.05, 0) is 43.9 Å². The van der Waals surface area contributed by atoms with E-state index < -0.39 is 0 Å². The Morgan fingerprint density at radius 3 is 2.45 bits per heavy atom. The third-order valence-corrected chi connectivity index (χ3v) is 6.63. The van der Waals surface area contributed by atoms with Crippen LogP contribution >= 0.6 is 0 Å². The molecule has 7 heteroatoms. The Kier molecular flexibility index (Phi) is 5.81. The molecule has 3 N–H and O–H groups in total. The second kappa shape index (κ2) is 8.90. The van der Waals surface area contributed by atoms with Crippen molar-refractivity contribution in [3.8, 4) is 22.4 Å². The zero-order valence-corrected chi connectivity index (χ0v) is 19.0. The van der Waals surface area contributed by atoms with Crippen molar-refractivity contribution >= 4 is 11.5 Å². The zero-order chi connectivity index (χ0) is 22.9. The molecular weight excluding hydrogens is 415 g/mol. The third-order valence-electron chi connectivity index (χ3n) is 6.63. The van der Waals surface area contributed by atoms with Crippen LogP contribution < -0.4 is 11.1 Å². The van der Waals surface area contributed by atoms with Gasteiger partial charge in [0.1, 0.15) is 11.6 Å². The van der Waals surface area contributed by atoms with Crippen LogP contribution in [0.4, 0.5) is 10.2 Å². The van der Waals surface area contributed by atoms with E-state index in [-0.39, 0.29) is 5.82 Å². The van der Waals surface area contributed by atoms with Gasteiger partial charge in [-0.2, -0.15) is 9.61 Å². The van der Waals surface area contributed by atoms with Crippen molar-refractivity contribution in [3.63, 3.8) is 0 Å². The summed E-state index contributed by atoms with van der Waals surface area (Å²) in [5, 5.41) is 8.13. The molecule has 2 aliphatic rings. The number of aromatic nitrogens is 4. The Morgan fingerprint density at radius 2 is 1.76 bits per heavy atom. The predicted molar refractivity (Wildman–Crippen MR) is 129 cm³/mol. The first-order valence-electron chi connectivity index (χ1n) is 11.8.